The number of aromatic nitrogens is 4. The number of aliphatic carboxylic acids is 2. The number of nitrogens with two attached hydrogens (primary N) is 1. The Morgan fingerprint density at radius 3 is 2.28 bits per heavy atom. The van der Waals surface area contributed by atoms with E-state index in [9.17, 15) is 24.6 Å². The van der Waals surface area contributed by atoms with E-state index in [1.807, 2.05) is 0 Å². The van der Waals surface area contributed by atoms with Gasteiger partial charge in [-0.2, -0.15) is 4.98 Å². The first-order valence-electron chi connectivity index (χ1n) is 10.2. The molecule has 0 aliphatic heterocycles. The molecule has 0 radical (unpaired) electrons. The van der Waals surface area contributed by atoms with Gasteiger partial charge in [-0.15, -0.1) is 0 Å². The fourth-order valence-corrected chi connectivity index (χ4v) is 3.45. The molecule has 0 spiro atoms. The lowest BCUT2D eigenvalue weighted by Gasteiger charge is -2.33. The van der Waals surface area contributed by atoms with Crippen LogP contribution in [0.4, 0.5) is 5.95 Å². The molecule has 13 nitrogen and oxygen atoms in total. The fraction of sp³-hybridized carbons (Fsp3) is 0.632. The molecule has 13 heteroatoms. The van der Waals surface area contributed by atoms with Crippen molar-refractivity contribution in [3.8, 4) is 0 Å². The van der Waals surface area contributed by atoms with E-state index in [0.29, 0.717) is 0 Å². The molecule has 0 saturated carbocycles. The van der Waals surface area contributed by atoms with Gasteiger partial charge in [0.15, 0.2) is 11.2 Å². The maximum Gasteiger partial charge on any atom is 0.321 e. The van der Waals surface area contributed by atoms with Gasteiger partial charge < -0.3 is 30.6 Å². The molecule has 2 heterocycles. The van der Waals surface area contributed by atoms with Crippen LogP contribution in [0.3, 0.4) is 0 Å². The highest BCUT2D eigenvalue weighted by molar-refractivity contribution is 5.74. The number of methoxy groups -OCH3 is 1. The number of carbonyl (C=O) groups is 2. The molecule has 0 bridgehead atoms. The Balaban J connectivity index is 2.52. The van der Waals surface area contributed by atoms with Crippen LogP contribution in [-0.4, -0.2) is 73.6 Å². The van der Waals surface area contributed by atoms with Crippen LogP contribution in [0.1, 0.15) is 33.7 Å². The number of hydrogen-bond acceptors (Lipinski definition) is 9. The van der Waals surface area contributed by atoms with E-state index in [2.05, 4.69) is 25.6 Å². The lowest BCUT2D eigenvalue weighted by Crippen LogP contribution is -2.53. The van der Waals surface area contributed by atoms with Crippen molar-refractivity contribution < 1.29 is 24.5 Å². The van der Waals surface area contributed by atoms with E-state index < -0.39 is 41.9 Å². The molecular weight excluding hydrogens is 422 g/mol. The van der Waals surface area contributed by atoms with Crippen LogP contribution < -0.4 is 21.9 Å². The largest absolute Gasteiger partial charge is 0.480 e. The van der Waals surface area contributed by atoms with E-state index in [1.165, 1.54) is 18.0 Å². The molecule has 0 aliphatic rings. The summed E-state index contributed by atoms with van der Waals surface area (Å²) in [6, 6.07) is -2.54. The van der Waals surface area contributed by atoms with Crippen molar-refractivity contribution in [3.63, 3.8) is 0 Å². The van der Waals surface area contributed by atoms with Gasteiger partial charge in [0.25, 0.3) is 5.56 Å². The second-order valence-electron chi connectivity index (χ2n) is 8.19. The van der Waals surface area contributed by atoms with Crippen molar-refractivity contribution in [1.29, 1.82) is 0 Å². The minimum absolute atomic E-state index is 0.0383. The number of nitrogen functional groups attached to an aromatic ring is 1. The third-order valence-corrected chi connectivity index (χ3v) is 5.17. The number of fused-ring (bicyclic) bond motifs is 1. The quantitative estimate of drug-likeness (QED) is 0.229. The Bertz CT molecular complexity index is 1000. The van der Waals surface area contributed by atoms with Crippen molar-refractivity contribution >= 4 is 29.1 Å². The summed E-state index contributed by atoms with van der Waals surface area (Å²) in [5, 5.41) is 25.1. The van der Waals surface area contributed by atoms with Crippen LogP contribution in [0.25, 0.3) is 11.2 Å². The number of rotatable bonds is 12. The molecule has 0 aliphatic carbocycles. The molecule has 2 unspecified atom stereocenters. The first kappa shape index (κ1) is 25.2. The summed E-state index contributed by atoms with van der Waals surface area (Å²) in [5.41, 5.74) is 5.37. The van der Waals surface area contributed by atoms with Gasteiger partial charge >= 0.3 is 11.9 Å². The lowest BCUT2D eigenvalue weighted by molar-refractivity contribution is -0.142. The van der Waals surface area contributed by atoms with Gasteiger partial charge in [-0.25, -0.2) is 4.98 Å². The first-order chi connectivity index (χ1) is 15.0. The van der Waals surface area contributed by atoms with Gasteiger partial charge in [0.05, 0.1) is 12.4 Å². The van der Waals surface area contributed by atoms with E-state index in [1.54, 1.807) is 27.7 Å². The van der Waals surface area contributed by atoms with Crippen molar-refractivity contribution in [2.45, 2.75) is 52.0 Å². The molecule has 7 N–H and O–H groups in total. The van der Waals surface area contributed by atoms with Gasteiger partial charge in [-0.3, -0.25) is 24.7 Å². The first-order valence-corrected chi connectivity index (χ1v) is 10.2. The Hall–Kier alpha value is -3.03. The molecular formula is C19H31N7O6. The summed E-state index contributed by atoms with van der Waals surface area (Å²) >= 11 is 0. The third-order valence-electron chi connectivity index (χ3n) is 5.17. The maximum absolute atomic E-state index is 12.2. The van der Waals surface area contributed by atoms with Crippen molar-refractivity contribution in [3.05, 3.63) is 16.7 Å². The van der Waals surface area contributed by atoms with E-state index in [0.717, 1.165) is 0 Å². The van der Waals surface area contributed by atoms with Gasteiger partial charge in [0.1, 0.15) is 18.3 Å². The molecule has 0 fully saturated rings. The molecule has 178 valence electrons. The van der Waals surface area contributed by atoms with Crippen LogP contribution in [0.2, 0.25) is 0 Å². The van der Waals surface area contributed by atoms with Crippen molar-refractivity contribution in [1.82, 2.24) is 30.2 Å². The third kappa shape index (κ3) is 5.60. The summed E-state index contributed by atoms with van der Waals surface area (Å²) in [4.78, 5) is 46.2. The Morgan fingerprint density at radius 2 is 1.78 bits per heavy atom. The second kappa shape index (κ2) is 10.5. The zero-order valence-electron chi connectivity index (χ0n) is 18.7. The molecule has 0 aromatic carbocycles. The van der Waals surface area contributed by atoms with Gasteiger partial charge in [-0.1, -0.05) is 27.7 Å². The van der Waals surface area contributed by atoms with Crippen LogP contribution in [0.5, 0.6) is 0 Å². The van der Waals surface area contributed by atoms with E-state index >= 15 is 0 Å². The van der Waals surface area contributed by atoms with E-state index in [4.69, 9.17) is 10.5 Å². The number of carboxylic acids is 2. The van der Waals surface area contributed by atoms with Crippen molar-refractivity contribution in [2.75, 3.05) is 19.4 Å². The zero-order chi connectivity index (χ0) is 24.2. The predicted molar refractivity (Wildman–Crippen MR) is 116 cm³/mol. The minimum atomic E-state index is -1.06. The summed E-state index contributed by atoms with van der Waals surface area (Å²) in [6.45, 7) is 7.07. The number of nitrogens with zero attached hydrogens (tertiary/aromatic N) is 3. The molecule has 4 atom stereocenters. The highest BCUT2D eigenvalue weighted by Crippen LogP contribution is 2.20. The number of hydrogen-bond donors (Lipinski definition) is 6. The number of ether oxygens (including phenoxy) is 1. The topological polar surface area (TPSA) is 197 Å². The summed E-state index contributed by atoms with van der Waals surface area (Å²) < 4.78 is 7.10. The average molecular weight is 454 g/mol. The number of aromatic amines is 1. The zero-order valence-corrected chi connectivity index (χ0v) is 18.7. The fourth-order valence-electron chi connectivity index (χ4n) is 3.45. The monoisotopic (exact) mass is 453 g/mol. The van der Waals surface area contributed by atoms with Gasteiger partial charge in [-0.05, 0) is 11.8 Å². The molecule has 2 rings (SSSR count). The van der Waals surface area contributed by atoms with Crippen LogP contribution in [-0.2, 0) is 14.3 Å². The molecule has 2 aromatic rings. The summed E-state index contributed by atoms with van der Waals surface area (Å²) in [6.07, 6.45) is 0.468. The number of H-pyrrole nitrogens is 1. The van der Waals surface area contributed by atoms with E-state index in [-0.39, 0.29) is 35.5 Å². The van der Waals surface area contributed by atoms with Gasteiger partial charge in [0, 0.05) is 13.7 Å². The summed E-state index contributed by atoms with van der Waals surface area (Å²) in [5.74, 6) is -2.69. The summed E-state index contributed by atoms with van der Waals surface area (Å²) in [7, 11) is 1.40. The minimum Gasteiger partial charge on any atom is -0.480 e. The Morgan fingerprint density at radius 1 is 1.19 bits per heavy atom. The SMILES string of the molecule is COC(N[C@H](C(=O)O)C(C)C)C(CN[C@H](C(=O)O)C(C)C)n1cnc2c(=O)[nH]c(N)nc21. The smallest absolute Gasteiger partial charge is 0.321 e. The van der Waals surface area contributed by atoms with Crippen LogP contribution in [0.15, 0.2) is 11.1 Å². The normalized spacial score (nSPS) is 15.7. The highest BCUT2D eigenvalue weighted by Gasteiger charge is 2.33. The van der Waals surface area contributed by atoms with Crippen molar-refractivity contribution in [2.24, 2.45) is 11.8 Å². The predicted octanol–water partition coefficient (Wildman–Crippen LogP) is -0.387. The Kier molecular flexibility index (Phi) is 8.30. The molecule has 32 heavy (non-hydrogen) atoms. The second-order valence-corrected chi connectivity index (χ2v) is 8.19. The lowest BCUT2D eigenvalue weighted by atomic mass is 10.0. The Labute approximate surface area is 184 Å². The van der Waals surface area contributed by atoms with Crippen LogP contribution >= 0.6 is 0 Å². The average Bonchev–Trinajstić information content (AvgIpc) is 3.09. The van der Waals surface area contributed by atoms with Crippen LogP contribution in [0, 0.1) is 11.8 Å². The number of anilines is 1. The number of carboxylic acid groups (broad SMARTS) is 2. The number of nitrogens with one attached hydrogen (secondary N) is 3. The molecule has 0 amide bonds. The standard InChI is InChI=1S/C19H31N7O6/c1-8(2)11(17(28)29)21-6-10(16(32-5)23-12(9(3)4)18(30)31)26-7-22-13-14(26)24-19(20)25-15(13)27/h7-12,16,21,23H,6H2,1-5H3,(H,28,29)(H,30,31)(H3,20,24,25,27)/t10?,11-,12-,16?/m0/s1. The molecule has 0 saturated heterocycles. The highest BCUT2D eigenvalue weighted by atomic mass is 16.5. The maximum atomic E-state index is 12.2. The molecule has 2 aromatic heterocycles. The number of imidazole rings is 1. The van der Waals surface area contributed by atoms with Gasteiger partial charge in [0.2, 0.25) is 5.95 Å².